The van der Waals surface area contributed by atoms with Crippen LogP contribution in [0.25, 0.3) is 11.0 Å². The Bertz CT molecular complexity index is 1660. The standard InChI is InChI=1S/C27H29N4O7P.C2HF3O2/c1-27(33)23(32)22(36-26(27)31-13-12-19-24(28)29-16-30-25(19)31)15-35-39(34)37-20(17-8-4-2-5-9-17)14-21(38-39)18-10-6-3-7-11-18;3-2(4,5)1(6)7/h2-13,16,20-23,26,32-33H,14-15H2,1H3,(H2,28,29,30);(H,6,7)/t20-,21+,22-,23-,26-,27-,39?;/m1./s1. The van der Waals surface area contributed by atoms with E-state index in [1.165, 1.54) is 13.3 Å². The number of carboxylic acids is 1. The van der Waals surface area contributed by atoms with Gasteiger partial charge in [-0.15, -0.1) is 0 Å². The number of hydrogen-bond acceptors (Lipinski definition) is 11. The number of carbonyl (C=O) groups is 1. The fraction of sp³-hybridized carbons (Fsp3) is 0.345. The minimum absolute atomic E-state index is 0.280. The number of halogens is 3. The number of benzene rings is 2. The predicted molar refractivity (Wildman–Crippen MR) is 155 cm³/mol. The van der Waals surface area contributed by atoms with Crippen LogP contribution >= 0.6 is 7.82 Å². The molecule has 0 amide bonds. The van der Waals surface area contributed by atoms with E-state index in [1.54, 1.807) is 16.8 Å². The molecule has 246 valence electrons. The first-order chi connectivity index (χ1) is 21.7. The van der Waals surface area contributed by atoms with E-state index < -0.39 is 56.2 Å². The maximum atomic E-state index is 13.8. The molecule has 7 atom stereocenters. The molecule has 0 aliphatic carbocycles. The Balaban J connectivity index is 0.000000537. The number of phosphoric acid groups is 1. The average molecular weight is 667 g/mol. The molecule has 0 spiro atoms. The monoisotopic (exact) mass is 666 g/mol. The third-order valence-electron chi connectivity index (χ3n) is 7.47. The first kappa shape index (κ1) is 33.5. The summed E-state index contributed by atoms with van der Waals surface area (Å²) in [6, 6.07) is 20.6. The van der Waals surface area contributed by atoms with Crippen LogP contribution in [0, 0.1) is 0 Å². The summed E-state index contributed by atoms with van der Waals surface area (Å²) in [5.74, 6) is -2.48. The number of aliphatic hydroxyl groups is 2. The minimum Gasteiger partial charge on any atom is -0.475 e. The van der Waals surface area contributed by atoms with Crippen molar-refractivity contribution in [2.75, 3.05) is 12.3 Å². The van der Waals surface area contributed by atoms with Gasteiger partial charge in [-0.1, -0.05) is 60.7 Å². The number of fused-ring (bicyclic) bond motifs is 1. The highest BCUT2D eigenvalue weighted by atomic mass is 31.2. The van der Waals surface area contributed by atoms with Gasteiger partial charge in [0.15, 0.2) is 6.23 Å². The molecule has 0 radical (unpaired) electrons. The van der Waals surface area contributed by atoms with Crippen molar-refractivity contribution >= 4 is 30.6 Å². The summed E-state index contributed by atoms with van der Waals surface area (Å²) in [7, 11) is -4.12. The maximum absolute atomic E-state index is 13.8. The molecule has 4 aromatic rings. The Kier molecular flexibility index (Phi) is 9.52. The fourth-order valence-corrected chi connectivity index (χ4v) is 6.67. The second kappa shape index (κ2) is 13.1. The summed E-state index contributed by atoms with van der Waals surface area (Å²) in [6.07, 6.45) is -6.24. The van der Waals surface area contributed by atoms with Gasteiger partial charge in [-0.2, -0.15) is 13.2 Å². The van der Waals surface area contributed by atoms with Crippen LogP contribution in [-0.4, -0.2) is 66.4 Å². The number of alkyl halides is 3. The van der Waals surface area contributed by atoms with Crippen molar-refractivity contribution in [3.8, 4) is 0 Å². The van der Waals surface area contributed by atoms with Crippen molar-refractivity contribution in [3.63, 3.8) is 0 Å². The van der Waals surface area contributed by atoms with Gasteiger partial charge in [-0.25, -0.2) is 19.3 Å². The van der Waals surface area contributed by atoms with Gasteiger partial charge in [0, 0.05) is 12.6 Å². The van der Waals surface area contributed by atoms with Gasteiger partial charge >= 0.3 is 20.0 Å². The molecule has 4 heterocycles. The summed E-state index contributed by atoms with van der Waals surface area (Å²) in [5, 5.41) is 29.9. The molecule has 2 aromatic heterocycles. The van der Waals surface area contributed by atoms with Crippen molar-refractivity contribution < 1.29 is 56.2 Å². The molecule has 5 N–H and O–H groups in total. The predicted octanol–water partition coefficient (Wildman–Crippen LogP) is 4.70. The average Bonchev–Trinajstić information content (AvgIpc) is 3.55. The number of nitrogens with two attached hydrogens (primary N) is 1. The number of anilines is 1. The Morgan fingerprint density at radius 1 is 1.07 bits per heavy atom. The number of phosphoric ester groups is 1. The van der Waals surface area contributed by atoms with Gasteiger partial charge in [-0.3, -0.25) is 13.6 Å². The van der Waals surface area contributed by atoms with E-state index in [9.17, 15) is 27.9 Å². The van der Waals surface area contributed by atoms with Crippen molar-refractivity contribution in [2.24, 2.45) is 0 Å². The van der Waals surface area contributed by atoms with Crippen LogP contribution in [-0.2, 0) is 27.7 Å². The lowest BCUT2D eigenvalue weighted by molar-refractivity contribution is -0.192. The van der Waals surface area contributed by atoms with Gasteiger partial charge in [0.1, 0.15) is 35.6 Å². The molecule has 2 aliphatic rings. The van der Waals surface area contributed by atoms with E-state index in [0.717, 1.165) is 11.1 Å². The van der Waals surface area contributed by atoms with E-state index in [-0.39, 0.29) is 12.4 Å². The van der Waals surface area contributed by atoms with E-state index in [0.29, 0.717) is 17.5 Å². The van der Waals surface area contributed by atoms with Crippen molar-refractivity contribution in [1.29, 1.82) is 0 Å². The Morgan fingerprint density at radius 2 is 1.61 bits per heavy atom. The molecule has 2 saturated heterocycles. The Hall–Kier alpha value is -3.89. The number of aromatic nitrogens is 3. The van der Waals surface area contributed by atoms with Gasteiger partial charge < -0.3 is 30.4 Å². The second-order valence-electron chi connectivity index (χ2n) is 10.7. The third-order valence-corrected chi connectivity index (χ3v) is 8.96. The SMILES string of the molecule is C[C@@]1(O)[C@H](O)[C@@H](COP2(=O)O[C@H](c3ccccc3)C[C@H](c3ccccc3)O2)O[C@H]1n1ccc2c(N)ncnc21.O=C(O)C(F)(F)F. The first-order valence-electron chi connectivity index (χ1n) is 13.8. The van der Waals surface area contributed by atoms with Crippen LogP contribution in [0.4, 0.5) is 19.0 Å². The summed E-state index contributed by atoms with van der Waals surface area (Å²) in [6.45, 7) is 1.09. The molecule has 2 aromatic carbocycles. The molecule has 13 nitrogen and oxygen atoms in total. The van der Waals surface area contributed by atoms with Gasteiger partial charge in [0.05, 0.1) is 24.2 Å². The summed E-state index contributed by atoms with van der Waals surface area (Å²) >= 11 is 0. The Morgan fingerprint density at radius 3 is 2.13 bits per heavy atom. The van der Waals surface area contributed by atoms with Crippen molar-refractivity contribution in [2.45, 2.75) is 55.8 Å². The van der Waals surface area contributed by atoms with Gasteiger partial charge in [-0.05, 0) is 24.1 Å². The highest BCUT2D eigenvalue weighted by Crippen LogP contribution is 2.62. The lowest BCUT2D eigenvalue weighted by atomic mass is 9.96. The van der Waals surface area contributed by atoms with Crippen LogP contribution in [0.15, 0.2) is 79.3 Å². The van der Waals surface area contributed by atoms with Crippen molar-refractivity contribution in [1.82, 2.24) is 14.5 Å². The molecule has 2 aliphatic heterocycles. The zero-order valence-electron chi connectivity index (χ0n) is 24.1. The topological polar surface area (TPSA) is 188 Å². The van der Waals surface area contributed by atoms with E-state index in [2.05, 4.69) is 9.97 Å². The number of nitrogen functional groups attached to an aromatic ring is 1. The van der Waals surface area contributed by atoms with E-state index in [4.69, 9.17) is 33.9 Å². The minimum atomic E-state index is -5.08. The van der Waals surface area contributed by atoms with Crippen LogP contribution in [0.5, 0.6) is 0 Å². The molecule has 2 fully saturated rings. The highest BCUT2D eigenvalue weighted by molar-refractivity contribution is 7.48. The number of ether oxygens (including phenoxy) is 1. The van der Waals surface area contributed by atoms with E-state index >= 15 is 0 Å². The molecule has 6 rings (SSSR count). The lowest BCUT2D eigenvalue weighted by Crippen LogP contribution is -2.44. The molecule has 46 heavy (non-hydrogen) atoms. The summed E-state index contributed by atoms with van der Waals surface area (Å²) < 4.78 is 70.8. The zero-order chi connectivity index (χ0) is 33.3. The van der Waals surface area contributed by atoms with Crippen LogP contribution in [0.2, 0.25) is 0 Å². The normalized spacial score (nSPS) is 29.7. The number of carboxylic acid groups (broad SMARTS) is 1. The summed E-state index contributed by atoms with van der Waals surface area (Å²) in [5.41, 5.74) is 6.32. The Labute approximate surface area is 259 Å². The molecule has 17 heteroatoms. The number of aliphatic carboxylic acids is 1. The number of hydrogen-bond donors (Lipinski definition) is 4. The van der Waals surface area contributed by atoms with Gasteiger partial charge in [0.25, 0.3) is 0 Å². The number of aliphatic hydroxyl groups excluding tert-OH is 1. The van der Waals surface area contributed by atoms with Crippen LogP contribution in [0.3, 0.4) is 0 Å². The van der Waals surface area contributed by atoms with E-state index in [1.807, 2.05) is 60.7 Å². The lowest BCUT2D eigenvalue weighted by Gasteiger charge is -2.35. The van der Waals surface area contributed by atoms with Crippen molar-refractivity contribution in [3.05, 3.63) is 90.4 Å². The number of rotatable bonds is 6. The molecule has 0 saturated carbocycles. The molecule has 0 bridgehead atoms. The molecule has 1 unspecified atom stereocenters. The quantitative estimate of drug-likeness (QED) is 0.208. The van der Waals surface area contributed by atoms with Crippen LogP contribution in [0.1, 0.15) is 42.9 Å². The smallest absolute Gasteiger partial charge is 0.475 e. The molecular weight excluding hydrogens is 636 g/mol. The molecular formula is C29H30F3N4O9P. The maximum Gasteiger partial charge on any atom is 0.490 e. The second-order valence-corrected chi connectivity index (χ2v) is 12.3. The van der Waals surface area contributed by atoms with Crippen LogP contribution < -0.4 is 5.73 Å². The summed E-state index contributed by atoms with van der Waals surface area (Å²) in [4.78, 5) is 17.1. The zero-order valence-corrected chi connectivity index (χ0v) is 25.0. The number of nitrogens with zero attached hydrogens (tertiary/aromatic N) is 3. The third kappa shape index (κ3) is 7.08. The first-order valence-corrected chi connectivity index (χ1v) is 15.3. The highest BCUT2D eigenvalue weighted by Gasteiger charge is 2.54. The van der Waals surface area contributed by atoms with Gasteiger partial charge in [0.2, 0.25) is 0 Å². The fourth-order valence-electron chi connectivity index (χ4n) is 5.13. The largest absolute Gasteiger partial charge is 0.490 e.